The minimum atomic E-state index is -4.00. The third-order valence-corrected chi connectivity index (χ3v) is 2.19. The van der Waals surface area contributed by atoms with Crippen molar-refractivity contribution < 1.29 is 27.5 Å². The molecule has 9 heteroatoms. The van der Waals surface area contributed by atoms with Gasteiger partial charge in [0.1, 0.15) is 4.92 Å². The van der Waals surface area contributed by atoms with Crippen molar-refractivity contribution in [3.05, 3.63) is 40.4 Å². The quantitative estimate of drug-likeness (QED) is 0.259. The number of aldehydes is 1. The lowest BCUT2D eigenvalue weighted by Crippen LogP contribution is -2.11. The van der Waals surface area contributed by atoms with Gasteiger partial charge in [-0.15, -0.1) is 0 Å². The van der Waals surface area contributed by atoms with Gasteiger partial charge in [0.05, 0.1) is 4.90 Å². The van der Waals surface area contributed by atoms with Crippen LogP contribution in [0.4, 0.5) is 0 Å². The van der Waals surface area contributed by atoms with E-state index in [1.807, 2.05) is 0 Å². The molecule has 17 heavy (non-hydrogen) atoms. The van der Waals surface area contributed by atoms with Crippen LogP contribution in [0.5, 0.6) is 0 Å². The molecule has 8 nitrogen and oxygen atoms in total. The van der Waals surface area contributed by atoms with Crippen LogP contribution in [-0.4, -0.2) is 30.1 Å². The van der Waals surface area contributed by atoms with Crippen molar-refractivity contribution in [2.24, 2.45) is 0 Å². The average molecular weight is 261 g/mol. The molecule has 0 aromatic heterocycles. The monoisotopic (exact) mass is 261 g/mol. The van der Waals surface area contributed by atoms with E-state index in [0.717, 1.165) is 0 Å². The summed E-state index contributed by atoms with van der Waals surface area (Å²) >= 11 is 0. The summed E-state index contributed by atoms with van der Waals surface area (Å²) in [6, 6.07) is 7.42. The van der Waals surface area contributed by atoms with Gasteiger partial charge in [-0.1, -0.05) is 18.2 Å². The molecule has 0 unspecified atom stereocenters. The fourth-order valence-electron chi connectivity index (χ4n) is 0.635. The van der Waals surface area contributed by atoms with Crippen LogP contribution >= 0.6 is 0 Å². The molecule has 1 aromatic carbocycles. The number of carbonyl (C=O) groups excluding carboxylic acids is 2. The summed E-state index contributed by atoms with van der Waals surface area (Å²) in [5, 5.41) is 9.16. The Kier molecular flexibility index (Phi) is 5.64. The zero-order chi connectivity index (χ0) is 13.5. The Hall–Kier alpha value is -2.13. The zero-order valence-electron chi connectivity index (χ0n) is 8.22. The number of rotatable bonds is 2. The third-order valence-electron chi connectivity index (χ3n) is 1.32. The molecule has 1 aromatic rings. The summed E-state index contributed by atoms with van der Waals surface area (Å²) in [6.45, 7) is 0. The Labute approximate surface area is 95.8 Å². The Morgan fingerprint density at radius 1 is 1.29 bits per heavy atom. The molecular formula is C8H7NO7S. The predicted molar refractivity (Wildman–Crippen MR) is 54.3 cm³/mol. The molecule has 1 amide bonds. The number of carbonyl (C=O) groups is 2. The smallest absolute Gasteiger partial charge is 0.287 e. The molecule has 1 N–H and O–H groups in total. The van der Waals surface area contributed by atoms with Crippen molar-refractivity contribution in [3.63, 3.8) is 0 Å². The van der Waals surface area contributed by atoms with Gasteiger partial charge in [0, 0.05) is 0 Å². The molecule has 0 heterocycles. The van der Waals surface area contributed by atoms with E-state index in [0.29, 0.717) is 0 Å². The average Bonchev–Trinajstić information content (AvgIpc) is 2.28. The van der Waals surface area contributed by atoms with Gasteiger partial charge < -0.3 is 0 Å². The first kappa shape index (κ1) is 14.9. The fourth-order valence-corrected chi connectivity index (χ4v) is 1.14. The van der Waals surface area contributed by atoms with Crippen LogP contribution in [0, 0.1) is 10.1 Å². The maximum absolute atomic E-state index is 10.4. The third kappa shape index (κ3) is 6.12. The maximum Gasteiger partial charge on any atom is 0.508 e. The van der Waals surface area contributed by atoms with Crippen molar-refractivity contribution in [2.45, 2.75) is 4.90 Å². The summed E-state index contributed by atoms with van der Waals surface area (Å²) in [6.07, 6.45) is -0.347. The Bertz CT molecular complexity index is 508. The Morgan fingerprint density at radius 2 is 1.76 bits per heavy atom. The minimum Gasteiger partial charge on any atom is -0.287 e. The maximum atomic E-state index is 10.4. The van der Waals surface area contributed by atoms with Crippen molar-refractivity contribution in [1.29, 1.82) is 0 Å². The zero-order valence-corrected chi connectivity index (χ0v) is 9.03. The molecule has 0 aliphatic carbocycles. The lowest BCUT2D eigenvalue weighted by molar-refractivity contribution is -0.395. The number of benzene rings is 1. The van der Waals surface area contributed by atoms with Gasteiger partial charge in [0.25, 0.3) is 16.4 Å². The van der Waals surface area contributed by atoms with Crippen LogP contribution in [0.25, 0.3) is 0 Å². The normalized spacial score (nSPS) is 9.71. The second kappa shape index (κ2) is 6.45. The van der Waals surface area contributed by atoms with Gasteiger partial charge in [-0.25, -0.2) is 4.79 Å². The van der Waals surface area contributed by atoms with Crippen LogP contribution in [0.2, 0.25) is 0 Å². The van der Waals surface area contributed by atoms with E-state index in [1.165, 1.54) is 12.1 Å². The summed E-state index contributed by atoms with van der Waals surface area (Å²) in [5.74, 6) is -1.61. The van der Waals surface area contributed by atoms with Gasteiger partial charge in [0.2, 0.25) is 0 Å². The molecule has 0 spiro atoms. The molecule has 0 bridgehead atoms. The number of nitro groups is 1. The largest absolute Gasteiger partial charge is 0.508 e. The van der Waals surface area contributed by atoms with E-state index in [-0.39, 0.29) is 11.2 Å². The SMILES string of the molecule is O=CC(=O)[N+](=O)[O-].O=S(=O)(O)c1ccccc1. The van der Waals surface area contributed by atoms with Crippen LogP contribution in [-0.2, 0) is 19.7 Å². The van der Waals surface area contributed by atoms with Gasteiger partial charge >= 0.3 is 5.91 Å². The van der Waals surface area contributed by atoms with Crippen molar-refractivity contribution in [3.8, 4) is 0 Å². The van der Waals surface area contributed by atoms with Gasteiger partial charge in [-0.2, -0.15) is 8.42 Å². The summed E-state index contributed by atoms with van der Waals surface area (Å²) in [5.41, 5.74) is 0. The van der Waals surface area contributed by atoms with E-state index < -0.39 is 20.9 Å². The first-order valence-corrected chi connectivity index (χ1v) is 5.39. The number of amides is 1. The summed E-state index contributed by atoms with van der Waals surface area (Å²) < 4.78 is 29.2. The molecule has 0 fully saturated rings. The van der Waals surface area contributed by atoms with E-state index in [2.05, 4.69) is 0 Å². The molecular weight excluding hydrogens is 254 g/mol. The molecule has 0 radical (unpaired) electrons. The highest BCUT2D eigenvalue weighted by Crippen LogP contribution is 2.05. The lowest BCUT2D eigenvalue weighted by Gasteiger charge is -1.92. The van der Waals surface area contributed by atoms with Crippen molar-refractivity contribution >= 4 is 22.3 Å². The van der Waals surface area contributed by atoms with Crippen LogP contribution in [0.3, 0.4) is 0 Å². The van der Waals surface area contributed by atoms with E-state index in [9.17, 15) is 13.2 Å². The van der Waals surface area contributed by atoms with E-state index in [4.69, 9.17) is 19.5 Å². The standard InChI is InChI=1S/C6H6O3S.C2HNO4/c7-10(8,9)6-4-2-1-3-5-6;4-1-2(5)3(6)7/h1-5H,(H,7,8,9);1H. The van der Waals surface area contributed by atoms with Gasteiger partial charge in [0.15, 0.2) is 0 Å². The van der Waals surface area contributed by atoms with Crippen molar-refractivity contribution in [1.82, 2.24) is 0 Å². The second-order valence-corrected chi connectivity index (χ2v) is 3.92. The van der Waals surface area contributed by atoms with E-state index >= 15 is 0 Å². The van der Waals surface area contributed by atoms with Crippen LogP contribution in [0.1, 0.15) is 0 Å². The first-order valence-electron chi connectivity index (χ1n) is 3.95. The first-order chi connectivity index (χ1) is 7.79. The highest BCUT2D eigenvalue weighted by atomic mass is 32.2. The number of hydrogen-bond donors (Lipinski definition) is 1. The summed E-state index contributed by atoms with van der Waals surface area (Å²) in [7, 11) is -4.00. The molecule has 0 aliphatic heterocycles. The summed E-state index contributed by atoms with van der Waals surface area (Å²) in [4.78, 5) is 26.4. The highest BCUT2D eigenvalue weighted by molar-refractivity contribution is 7.85. The van der Waals surface area contributed by atoms with Crippen LogP contribution in [0.15, 0.2) is 35.2 Å². The van der Waals surface area contributed by atoms with Gasteiger partial charge in [-0.05, 0) is 12.1 Å². The second-order valence-electron chi connectivity index (χ2n) is 2.50. The highest BCUT2D eigenvalue weighted by Gasteiger charge is 2.09. The molecule has 0 atom stereocenters. The molecule has 92 valence electrons. The van der Waals surface area contributed by atoms with Crippen LogP contribution < -0.4 is 0 Å². The number of nitrogens with zero attached hydrogens (tertiary/aromatic N) is 1. The Balaban J connectivity index is 0.000000325. The lowest BCUT2D eigenvalue weighted by atomic mass is 10.4. The molecule has 0 saturated carbocycles. The molecule has 0 saturated heterocycles. The molecule has 0 aliphatic rings. The van der Waals surface area contributed by atoms with Gasteiger partial charge in [-0.3, -0.25) is 19.5 Å². The number of hydrogen-bond acceptors (Lipinski definition) is 6. The Morgan fingerprint density at radius 3 is 1.94 bits per heavy atom. The molecule has 1 rings (SSSR count). The fraction of sp³-hybridized carbons (Fsp3) is 0. The van der Waals surface area contributed by atoms with E-state index in [1.54, 1.807) is 18.2 Å². The van der Waals surface area contributed by atoms with Crippen molar-refractivity contribution in [2.75, 3.05) is 0 Å². The minimum absolute atomic E-state index is 0.0741. The predicted octanol–water partition coefficient (Wildman–Crippen LogP) is -0.0781. The topological polar surface area (TPSA) is 132 Å².